The lowest BCUT2D eigenvalue weighted by Gasteiger charge is -2.47. The number of amides is 1. The fourth-order valence-electron chi connectivity index (χ4n) is 8.43. The molecule has 0 N–H and O–H groups in total. The molecule has 7 unspecified atom stereocenters. The average molecular weight is 806 g/mol. The van der Waals surface area contributed by atoms with Gasteiger partial charge < -0.3 is 38.2 Å². The summed E-state index contributed by atoms with van der Waals surface area (Å²) in [5.41, 5.74) is 2.05. The first-order chi connectivity index (χ1) is 27.7. The van der Waals surface area contributed by atoms with Gasteiger partial charge in [-0.25, -0.2) is 0 Å². The van der Waals surface area contributed by atoms with E-state index in [4.69, 9.17) is 28.4 Å². The summed E-state index contributed by atoms with van der Waals surface area (Å²) < 4.78 is 36.4. The minimum absolute atomic E-state index is 0.0102. The maximum absolute atomic E-state index is 13.8. The van der Waals surface area contributed by atoms with Crippen molar-refractivity contribution in [2.75, 3.05) is 79.5 Å². The molecular formula is C43H71N3O11. The van der Waals surface area contributed by atoms with Crippen molar-refractivity contribution in [1.29, 1.82) is 0 Å². The van der Waals surface area contributed by atoms with E-state index >= 15 is 0 Å². The first kappa shape index (κ1) is 46.8. The number of fused-ring (bicyclic) bond motifs is 1. The Bertz CT molecular complexity index is 1300. The van der Waals surface area contributed by atoms with Crippen LogP contribution in [0.4, 0.5) is 0 Å². The number of morpholine rings is 1. The predicted molar refractivity (Wildman–Crippen MR) is 215 cm³/mol. The fraction of sp³-hybridized carbons (Fsp3) is 0.814. The van der Waals surface area contributed by atoms with Crippen LogP contribution in [-0.2, 0) is 49.5 Å². The van der Waals surface area contributed by atoms with Gasteiger partial charge >= 0.3 is 5.97 Å². The lowest BCUT2D eigenvalue weighted by Crippen LogP contribution is -2.56. The second-order valence-electron chi connectivity index (χ2n) is 16.1. The highest BCUT2D eigenvalue weighted by Crippen LogP contribution is 2.37. The Morgan fingerprint density at radius 3 is 2.47 bits per heavy atom. The molecule has 1 aliphatic carbocycles. The van der Waals surface area contributed by atoms with Crippen molar-refractivity contribution in [1.82, 2.24) is 9.80 Å². The van der Waals surface area contributed by atoms with E-state index in [9.17, 15) is 19.7 Å². The highest BCUT2D eigenvalue weighted by Gasteiger charge is 2.43. The number of hydrogen-bond acceptors (Lipinski definition) is 12. The number of hydrogen-bond donors (Lipinski definition) is 0. The maximum Gasteiger partial charge on any atom is 0.306 e. The number of benzene rings is 1. The molecule has 57 heavy (non-hydrogen) atoms. The molecule has 2 saturated heterocycles. The van der Waals surface area contributed by atoms with Gasteiger partial charge in [0, 0.05) is 71.4 Å². The number of unbranched alkanes of at least 4 members (excludes halogenated alkanes) is 4. The highest BCUT2D eigenvalue weighted by atomic mass is 16.9. The zero-order valence-corrected chi connectivity index (χ0v) is 35.2. The number of esters is 1. The van der Waals surface area contributed by atoms with E-state index in [-0.39, 0.29) is 43.5 Å². The van der Waals surface area contributed by atoms with Gasteiger partial charge in [-0.2, -0.15) is 0 Å². The first-order valence-corrected chi connectivity index (χ1v) is 21.7. The molecule has 14 heteroatoms. The topological polar surface area (TPSA) is 148 Å². The van der Waals surface area contributed by atoms with Crippen molar-refractivity contribution in [3.8, 4) is 0 Å². The molecule has 1 aromatic rings. The third-order valence-corrected chi connectivity index (χ3v) is 11.5. The summed E-state index contributed by atoms with van der Waals surface area (Å²) in [5, 5.41) is 9.74. The molecular weight excluding hydrogens is 734 g/mol. The summed E-state index contributed by atoms with van der Waals surface area (Å²) in [6, 6.07) is 8.66. The van der Waals surface area contributed by atoms with Crippen molar-refractivity contribution >= 4 is 11.9 Å². The van der Waals surface area contributed by atoms with Gasteiger partial charge in [0.2, 0.25) is 5.91 Å². The summed E-state index contributed by atoms with van der Waals surface area (Å²) in [6.45, 7) is 13.2. The Morgan fingerprint density at radius 1 is 0.947 bits per heavy atom. The zero-order valence-electron chi connectivity index (χ0n) is 35.2. The number of rotatable bonds is 27. The number of methoxy groups -OCH3 is 1. The molecule has 0 spiro atoms. The molecule has 4 rings (SSSR count). The standard InChI is InChI=1S/C43H71N3O11/c1-5-7-9-14-42(48)57-40-28-45(41(47)13-10-8-11-24-56-46(49)50)27-39(43(40)36-18-15-34(16-19-36)31-53-30-33(3)29-52-6-2)55-32-35-17-20-38-37(26-35)44(22-25-54-38)21-12-23-51-4/h15-16,18-19,33,35,37-40,43H,5-14,17,20-32H2,1-4H3. The molecule has 3 aliphatic rings. The first-order valence-electron chi connectivity index (χ1n) is 21.7. The summed E-state index contributed by atoms with van der Waals surface area (Å²) in [4.78, 5) is 46.4. The van der Waals surface area contributed by atoms with Crippen molar-refractivity contribution in [3.05, 3.63) is 45.5 Å². The third-order valence-electron chi connectivity index (χ3n) is 11.5. The molecule has 14 nitrogen and oxygen atoms in total. The molecule has 2 heterocycles. The molecule has 7 atom stereocenters. The van der Waals surface area contributed by atoms with Gasteiger partial charge in [0.05, 0.1) is 57.7 Å². The summed E-state index contributed by atoms with van der Waals surface area (Å²) >= 11 is 0. The van der Waals surface area contributed by atoms with Crippen LogP contribution < -0.4 is 0 Å². The average Bonchev–Trinajstić information content (AvgIpc) is 3.20. The number of ether oxygens (including phenoxy) is 6. The van der Waals surface area contributed by atoms with Gasteiger partial charge in [0.1, 0.15) is 6.10 Å². The highest BCUT2D eigenvalue weighted by molar-refractivity contribution is 5.76. The monoisotopic (exact) mass is 806 g/mol. The Hall–Kier alpha value is -2.88. The van der Waals surface area contributed by atoms with Crippen LogP contribution in [0.1, 0.15) is 115 Å². The Labute approximate surface area is 340 Å². The molecule has 1 saturated carbocycles. The van der Waals surface area contributed by atoms with E-state index in [0.717, 1.165) is 82.4 Å². The van der Waals surface area contributed by atoms with E-state index in [2.05, 4.69) is 47.9 Å². The summed E-state index contributed by atoms with van der Waals surface area (Å²) in [6.07, 6.45) is 8.19. The Balaban J connectivity index is 1.51. The van der Waals surface area contributed by atoms with E-state index in [0.29, 0.717) is 83.1 Å². The molecule has 3 fully saturated rings. The van der Waals surface area contributed by atoms with Gasteiger partial charge in [0.25, 0.3) is 5.09 Å². The smallest absolute Gasteiger partial charge is 0.306 e. The van der Waals surface area contributed by atoms with Crippen LogP contribution in [0.15, 0.2) is 24.3 Å². The molecule has 0 aromatic heterocycles. The van der Waals surface area contributed by atoms with Gasteiger partial charge in [-0.15, -0.1) is 10.1 Å². The summed E-state index contributed by atoms with van der Waals surface area (Å²) in [7, 11) is 1.75. The van der Waals surface area contributed by atoms with Crippen LogP contribution in [0, 0.1) is 22.0 Å². The predicted octanol–water partition coefficient (Wildman–Crippen LogP) is 6.35. The zero-order chi connectivity index (χ0) is 40.8. The Kier molecular flexibility index (Phi) is 21.6. The number of piperidine rings is 1. The lowest BCUT2D eigenvalue weighted by atomic mass is 9.81. The van der Waals surface area contributed by atoms with Crippen molar-refractivity contribution in [3.63, 3.8) is 0 Å². The fourth-order valence-corrected chi connectivity index (χ4v) is 8.43. The molecule has 324 valence electrons. The largest absolute Gasteiger partial charge is 0.460 e. The van der Waals surface area contributed by atoms with Gasteiger partial charge in [-0.05, 0) is 68.9 Å². The molecule has 0 radical (unpaired) electrons. The van der Waals surface area contributed by atoms with Crippen LogP contribution in [0.5, 0.6) is 0 Å². The van der Waals surface area contributed by atoms with Gasteiger partial charge in [-0.3, -0.25) is 14.5 Å². The SMILES string of the molecule is CCCCCC(=O)OC1CN(C(=O)CCCCCO[N+](=O)[O-])CC(OCC2CCC3OCCN(CCCOC)C3C2)C1c1ccc(COCC(C)COCC)cc1. The van der Waals surface area contributed by atoms with Crippen molar-refractivity contribution in [2.45, 2.75) is 135 Å². The number of carbonyl (C=O) groups is 2. The minimum atomic E-state index is -0.792. The maximum atomic E-state index is 13.8. The van der Waals surface area contributed by atoms with Crippen LogP contribution >= 0.6 is 0 Å². The van der Waals surface area contributed by atoms with Crippen molar-refractivity contribution in [2.24, 2.45) is 11.8 Å². The number of carbonyl (C=O) groups excluding carboxylic acids is 2. The quantitative estimate of drug-likeness (QED) is 0.0422. The van der Waals surface area contributed by atoms with E-state index in [1.807, 2.05) is 6.92 Å². The molecule has 1 amide bonds. The number of likely N-dealkylation sites (tertiary alicyclic amines) is 1. The van der Waals surface area contributed by atoms with Gasteiger partial charge in [0.15, 0.2) is 0 Å². The minimum Gasteiger partial charge on any atom is -0.460 e. The lowest BCUT2D eigenvalue weighted by molar-refractivity contribution is -0.757. The van der Waals surface area contributed by atoms with E-state index < -0.39 is 17.3 Å². The van der Waals surface area contributed by atoms with Gasteiger partial charge in [-0.1, -0.05) is 57.4 Å². The van der Waals surface area contributed by atoms with Crippen LogP contribution in [0.2, 0.25) is 0 Å². The second kappa shape index (κ2) is 26.3. The molecule has 2 aliphatic heterocycles. The summed E-state index contributed by atoms with van der Waals surface area (Å²) in [5.74, 6) is 0.0505. The molecule has 0 bridgehead atoms. The Morgan fingerprint density at radius 2 is 1.72 bits per heavy atom. The van der Waals surface area contributed by atoms with Crippen LogP contribution in [-0.4, -0.2) is 131 Å². The normalized spacial score (nSPS) is 24.5. The molecule has 1 aromatic carbocycles. The third kappa shape index (κ3) is 16.4. The second-order valence-corrected chi connectivity index (χ2v) is 16.1. The van der Waals surface area contributed by atoms with Crippen LogP contribution in [0.3, 0.4) is 0 Å². The van der Waals surface area contributed by atoms with E-state index in [1.54, 1.807) is 12.0 Å². The van der Waals surface area contributed by atoms with E-state index in [1.165, 1.54) is 0 Å². The van der Waals surface area contributed by atoms with Crippen molar-refractivity contribution < 1.29 is 47.9 Å². The van der Waals surface area contributed by atoms with Crippen LogP contribution in [0.25, 0.3) is 0 Å². The number of nitrogens with zero attached hydrogens (tertiary/aromatic N) is 3.